The summed E-state index contributed by atoms with van der Waals surface area (Å²) in [5.41, 5.74) is 1.05. The first-order valence-electron chi connectivity index (χ1n) is 6.51. The molecule has 1 aromatic heterocycles. The fourth-order valence-corrected chi connectivity index (χ4v) is 2.57. The largest absolute Gasteiger partial charge is 0.350 e. The molecule has 18 heavy (non-hydrogen) atoms. The van der Waals surface area contributed by atoms with Gasteiger partial charge in [0, 0.05) is 24.6 Å². The maximum absolute atomic E-state index is 11.7. The average molecular weight is 266 g/mol. The zero-order valence-corrected chi connectivity index (χ0v) is 12.0. The van der Waals surface area contributed by atoms with E-state index in [-0.39, 0.29) is 11.9 Å². The van der Waals surface area contributed by atoms with E-state index in [1.807, 2.05) is 30.8 Å². The average Bonchev–Trinajstić information content (AvgIpc) is 2.39. The Morgan fingerprint density at radius 1 is 1.50 bits per heavy atom. The molecule has 4 heteroatoms. The Labute approximate surface area is 114 Å². The van der Waals surface area contributed by atoms with Crippen LogP contribution in [-0.4, -0.2) is 22.4 Å². The van der Waals surface area contributed by atoms with Gasteiger partial charge in [-0.1, -0.05) is 19.4 Å². The van der Waals surface area contributed by atoms with Gasteiger partial charge < -0.3 is 5.32 Å². The summed E-state index contributed by atoms with van der Waals surface area (Å²) in [6.45, 7) is 4.17. The first-order valence-corrected chi connectivity index (χ1v) is 7.66. The summed E-state index contributed by atoms with van der Waals surface area (Å²) in [5.74, 6) is 2.18. The number of carbonyl (C=O) groups is 1. The van der Waals surface area contributed by atoms with Crippen LogP contribution in [0.4, 0.5) is 0 Å². The first kappa shape index (κ1) is 15.0. The number of nitrogens with one attached hydrogen (secondary N) is 1. The number of rotatable bonds is 8. The number of aromatic nitrogens is 1. The molecule has 100 valence electrons. The maximum atomic E-state index is 11.7. The Balaban J connectivity index is 2.20. The Bertz CT molecular complexity index is 343. The first-order chi connectivity index (χ1) is 8.74. The van der Waals surface area contributed by atoms with Gasteiger partial charge in [-0.15, -0.1) is 0 Å². The molecule has 0 radical (unpaired) electrons. The van der Waals surface area contributed by atoms with Crippen molar-refractivity contribution in [1.82, 2.24) is 10.3 Å². The molecule has 1 aromatic rings. The number of unbranched alkanes of at least 4 members (excludes halogenated alkanes) is 1. The number of hydrogen-bond donors (Lipinski definition) is 1. The molecular formula is C14H22N2OS. The van der Waals surface area contributed by atoms with Crippen LogP contribution in [0.25, 0.3) is 0 Å². The second-order valence-corrected chi connectivity index (χ2v) is 5.52. The van der Waals surface area contributed by atoms with E-state index in [4.69, 9.17) is 0 Å². The van der Waals surface area contributed by atoms with Crippen LogP contribution < -0.4 is 5.32 Å². The minimum Gasteiger partial charge on any atom is -0.350 e. The van der Waals surface area contributed by atoms with Crippen LogP contribution in [0.15, 0.2) is 24.5 Å². The molecule has 3 nitrogen and oxygen atoms in total. The van der Waals surface area contributed by atoms with E-state index in [0.717, 1.165) is 17.1 Å². The fraction of sp³-hybridized carbons (Fsp3) is 0.571. The molecule has 0 saturated carbocycles. The summed E-state index contributed by atoms with van der Waals surface area (Å²) in [5, 5.41) is 2.99. The Hall–Kier alpha value is -1.03. The Morgan fingerprint density at radius 3 is 3.00 bits per heavy atom. The molecule has 1 N–H and O–H groups in total. The van der Waals surface area contributed by atoms with Crippen molar-refractivity contribution < 1.29 is 4.79 Å². The van der Waals surface area contributed by atoms with E-state index in [0.29, 0.717) is 6.42 Å². The van der Waals surface area contributed by atoms with Crippen LogP contribution >= 0.6 is 11.8 Å². The predicted octanol–water partition coefficient (Wildman–Crippen LogP) is 3.18. The van der Waals surface area contributed by atoms with E-state index in [1.54, 1.807) is 12.4 Å². The monoisotopic (exact) mass is 266 g/mol. The molecule has 0 fully saturated rings. The van der Waals surface area contributed by atoms with Crippen LogP contribution in [-0.2, 0) is 4.79 Å². The summed E-state index contributed by atoms with van der Waals surface area (Å²) in [6, 6.07) is 3.90. The Morgan fingerprint density at radius 2 is 2.33 bits per heavy atom. The molecule has 1 atom stereocenters. The predicted molar refractivity (Wildman–Crippen MR) is 77.6 cm³/mol. The molecular weight excluding hydrogens is 244 g/mol. The molecule has 1 heterocycles. The smallest absolute Gasteiger partial charge is 0.221 e. The lowest BCUT2D eigenvalue weighted by Crippen LogP contribution is -2.26. The van der Waals surface area contributed by atoms with Crippen LogP contribution in [0.3, 0.4) is 0 Å². The Kier molecular flexibility index (Phi) is 7.49. The second-order valence-electron chi connectivity index (χ2n) is 4.29. The zero-order valence-electron chi connectivity index (χ0n) is 11.2. The minimum absolute atomic E-state index is 0.0341. The van der Waals surface area contributed by atoms with Gasteiger partial charge in [-0.2, -0.15) is 11.8 Å². The summed E-state index contributed by atoms with van der Waals surface area (Å²) >= 11 is 1.86. The van der Waals surface area contributed by atoms with Gasteiger partial charge in [0.1, 0.15) is 0 Å². The molecule has 0 aliphatic carbocycles. The standard InChI is InChI=1S/C14H22N2OS/c1-3-4-9-18-10-7-14(17)16-12(2)13-6-5-8-15-11-13/h5-6,8,11-12H,3-4,7,9-10H2,1-2H3,(H,16,17). The molecule has 0 aliphatic heterocycles. The van der Waals surface area contributed by atoms with Crippen molar-refractivity contribution in [2.75, 3.05) is 11.5 Å². The number of carbonyl (C=O) groups excluding carboxylic acids is 1. The molecule has 1 unspecified atom stereocenters. The number of nitrogens with zero attached hydrogens (tertiary/aromatic N) is 1. The van der Waals surface area contributed by atoms with Gasteiger partial charge >= 0.3 is 0 Å². The summed E-state index contributed by atoms with van der Waals surface area (Å²) in [7, 11) is 0. The molecule has 0 spiro atoms. The van der Waals surface area contributed by atoms with Crippen LogP contribution in [0, 0.1) is 0 Å². The summed E-state index contributed by atoms with van der Waals surface area (Å²) < 4.78 is 0. The molecule has 0 aliphatic rings. The highest BCUT2D eigenvalue weighted by molar-refractivity contribution is 7.99. The minimum atomic E-state index is 0.0341. The topological polar surface area (TPSA) is 42.0 Å². The van der Waals surface area contributed by atoms with Gasteiger partial charge in [-0.05, 0) is 30.7 Å². The SMILES string of the molecule is CCCCSCCC(=O)NC(C)c1cccnc1. The highest BCUT2D eigenvalue weighted by Gasteiger charge is 2.08. The van der Waals surface area contributed by atoms with Crippen molar-refractivity contribution in [2.45, 2.75) is 39.2 Å². The van der Waals surface area contributed by atoms with Crippen molar-refractivity contribution in [3.05, 3.63) is 30.1 Å². The third-order valence-corrected chi connectivity index (χ3v) is 3.75. The van der Waals surface area contributed by atoms with Crippen molar-refractivity contribution in [1.29, 1.82) is 0 Å². The van der Waals surface area contributed by atoms with E-state index < -0.39 is 0 Å². The van der Waals surface area contributed by atoms with Crippen LogP contribution in [0.2, 0.25) is 0 Å². The van der Waals surface area contributed by atoms with Crippen molar-refractivity contribution in [2.24, 2.45) is 0 Å². The molecule has 0 aromatic carbocycles. The second kappa shape index (κ2) is 8.97. The molecule has 0 saturated heterocycles. The molecule has 1 rings (SSSR count). The number of amides is 1. The third kappa shape index (κ3) is 6.05. The van der Waals surface area contributed by atoms with Crippen LogP contribution in [0.1, 0.15) is 44.7 Å². The number of pyridine rings is 1. The highest BCUT2D eigenvalue weighted by Crippen LogP contribution is 2.11. The lowest BCUT2D eigenvalue weighted by atomic mass is 10.1. The normalized spacial score (nSPS) is 12.1. The van der Waals surface area contributed by atoms with Crippen molar-refractivity contribution in [3.8, 4) is 0 Å². The number of thioether (sulfide) groups is 1. The quantitative estimate of drug-likeness (QED) is 0.735. The highest BCUT2D eigenvalue weighted by atomic mass is 32.2. The van der Waals surface area contributed by atoms with E-state index in [2.05, 4.69) is 17.2 Å². The summed E-state index contributed by atoms with van der Waals surface area (Å²) in [4.78, 5) is 15.8. The van der Waals surface area contributed by atoms with Gasteiger partial charge in [-0.3, -0.25) is 9.78 Å². The number of hydrogen-bond acceptors (Lipinski definition) is 3. The van der Waals surface area contributed by atoms with Gasteiger partial charge in [0.2, 0.25) is 5.91 Å². The van der Waals surface area contributed by atoms with E-state index >= 15 is 0 Å². The van der Waals surface area contributed by atoms with Crippen molar-refractivity contribution in [3.63, 3.8) is 0 Å². The maximum Gasteiger partial charge on any atom is 0.221 e. The molecule has 1 amide bonds. The van der Waals surface area contributed by atoms with Gasteiger partial charge in [-0.25, -0.2) is 0 Å². The van der Waals surface area contributed by atoms with E-state index in [9.17, 15) is 4.79 Å². The zero-order chi connectivity index (χ0) is 13.2. The van der Waals surface area contributed by atoms with E-state index in [1.165, 1.54) is 12.8 Å². The molecule has 0 bridgehead atoms. The lowest BCUT2D eigenvalue weighted by molar-refractivity contribution is -0.121. The fourth-order valence-electron chi connectivity index (χ4n) is 1.54. The lowest BCUT2D eigenvalue weighted by Gasteiger charge is -2.13. The van der Waals surface area contributed by atoms with Gasteiger partial charge in [0.05, 0.1) is 6.04 Å². The van der Waals surface area contributed by atoms with Crippen LogP contribution in [0.5, 0.6) is 0 Å². The summed E-state index contributed by atoms with van der Waals surface area (Å²) in [6.07, 6.45) is 6.58. The van der Waals surface area contributed by atoms with Gasteiger partial charge in [0.25, 0.3) is 0 Å². The third-order valence-electron chi connectivity index (χ3n) is 2.68. The van der Waals surface area contributed by atoms with Crippen molar-refractivity contribution >= 4 is 17.7 Å². The van der Waals surface area contributed by atoms with Gasteiger partial charge in [0.15, 0.2) is 0 Å².